The van der Waals surface area contributed by atoms with Gasteiger partial charge in [0.15, 0.2) is 0 Å². The molecular formula is C13H20N2O2S. The highest BCUT2D eigenvalue weighted by Gasteiger charge is 2.13. The normalized spacial score (nSPS) is 17.6. The van der Waals surface area contributed by atoms with E-state index in [1.165, 1.54) is 38.2 Å². The molecule has 0 unspecified atom stereocenters. The topological polar surface area (TPSA) is 72.2 Å². The first-order chi connectivity index (χ1) is 8.55. The lowest BCUT2D eigenvalue weighted by Crippen LogP contribution is -2.17. The molecule has 1 aromatic carbocycles. The molecule has 0 amide bonds. The second-order valence-electron chi connectivity index (χ2n) is 4.96. The Balaban J connectivity index is 1.97. The Morgan fingerprint density at radius 2 is 1.94 bits per heavy atom. The molecule has 0 bridgehead atoms. The minimum Gasteiger partial charge on any atom is -0.385 e. The lowest BCUT2D eigenvalue weighted by atomic mass is 9.89. The Labute approximate surface area is 109 Å². The van der Waals surface area contributed by atoms with Crippen molar-refractivity contribution in [2.24, 2.45) is 11.1 Å². The molecule has 4 nitrogen and oxygen atoms in total. The van der Waals surface area contributed by atoms with Gasteiger partial charge in [-0.05, 0) is 37.0 Å². The van der Waals surface area contributed by atoms with E-state index in [1.54, 1.807) is 12.1 Å². The molecule has 0 aliphatic heterocycles. The maximum atomic E-state index is 11.2. The average Bonchev–Trinajstić information content (AvgIpc) is 2.37. The summed E-state index contributed by atoms with van der Waals surface area (Å²) >= 11 is 0. The summed E-state index contributed by atoms with van der Waals surface area (Å²) in [5, 5.41) is 8.42. The van der Waals surface area contributed by atoms with Crippen LogP contribution in [0, 0.1) is 5.92 Å². The van der Waals surface area contributed by atoms with Crippen LogP contribution < -0.4 is 10.5 Å². The van der Waals surface area contributed by atoms with Gasteiger partial charge >= 0.3 is 0 Å². The molecule has 2 rings (SSSR count). The smallest absolute Gasteiger partial charge is 0.238 e. The van der Waals surface area contributed by atoms with Crippen molar-refractivity contribution in [2.45, 2.75) is 37.0 Å². The van der Waals surface area contributed by atoms with Crippen molar-refractivity contribution in [2.75, 3.05) is 11.9 Å². The molecule has 1 aliphatic carbocycles. The fourth-order valence-corrected chi connectivity index (χ4v) is 3.00. The van der Waals surface area contributed by atoms with E-state index in [9.17, 15) is 8.42 Å². The van der Waals surface area contributed by atoms with Gasteiger partial charge in [0.2, 0.25) is 10.0 Å². The van der Waals surface area contributed by atoms with Crippen molar-refractivity contribution in [3.63, 3.8) is 0 Å². The average molecular weight is 268 g/mol. The predicted octanol–water partition coefficient (Wildman–Crippen LogP) is 2.33. The molecule has 0 heterocycles. The van der Waals surface area contributed by atoms with E-state index in [0.29, 0.717) is 5.92 Å². The number of nitrogens with one attached hydrogen (secondary N) is 1. The predicted molar refractivity (Wildman–Crippen MR) is 72.9 cm³/mol. The molecule has 3 N–H and O–H groups in total. The van der Waals surface area contributed by atoms with Gasteiger partial charge in [-0.1, -0.05) is 25.3 Å². The van der Waals surface area contributed by atoms with E-state index in [0.717, 1.165) is 12.2 Å². The van der Waals surface area contributed by atoms with Crippen LogP contribution in [-0.4, -0.2) is 15.0 Å². The van der Waals surface area contributed by atoms with E-state index in [2.05, 4.69) is 5.32 Å². The van der Waals surface area contributed by atoms with Crippen molar-refractivity contribution < 1.29 is 8.42 Å². The van der Waals surface area contributed by atoms with E-state index in [1.807, 2.05) is 6.07 Å². The first kappa shape index (κ1) is 13.4. The Hall–Kier alpha value is -1.07. The molecular weight excluding hydrogens is 248 g/mol. The molecule has 1 aliphatic rings. The Morgan fingerprint density at radius 1 is 1.22 bits per heavy atom. The van der Waals surface area contributed by atoms with Crippen LogP contribution >= 0.6 is 0 Å². The minimum absolute atomic E-state index is 0.163. The molecule has 0 radical (unpaired) electrons. The monoisotopic (exact) mass is 268 g/mol. The zero-order chi connectivity index (χ0) is 13.0. The first-order valence-electron chi connectivity index (χ1n) is 6.42. The zero-order valence-electron chi connectivity index (χ0n) is 10.4. The number of primary sulfonamides is 1. The van der Waals surface area contributed by atoms with Crippen molar-refractivity contribution in [1.82, 2.24) is 0 Å². The third kappa shape index (κ3) is 3.71. The summed E-state index contributed by atoms with van der Waals surface area (Å²) < 4.78 is 22.5. The standard InChI is InChI=1S/C13H20N2O2S/c14-18(16,17)13-8-4-7-12(9-13)15-10-11-5-2-1-3-6-11/h4,7-9,11,15H,1-3,5-6,10H2,(H2,14,16,17). The van der Waals surface area contributed by atoms with Crippen LogP contribution in [0.5, 0.6) is 0 Å². The number of hydrogen-bond acceptors (Lipinski definition) is 3. The van der Waals surface area contributed by atoms with Gasteiger partial charge in [0.25, 0.3) is 0 Å². The lowest BCUT2D eigenvalue weighted by molar-refractivity contribution is 0.373. The number of benzene rings is 1. The zero-order valence-corrected chi connectivity index (χ0v) is 11.2. The molecule has 0 aromatic heterocycles. The second kappa shape index (κ2) is 5.71. The Morgan fingerprint density at radius 3 is 2.61 bits per heavy atom. The summed E-state index contributed by atoms with van der Waals surface area (Å²) in [4.78, 5) is 0.163. The maximum Gasteiger partial charge on any atom is 0.238 e. The number of rotatable bonds is 4. The summed E-state index contributed by atoms with van der Waals surface area (Å²) in [6, 6.07) is 6.69. The summed E-state index contributed by atoms with van der Waals surface area (Å²) in [5.41, 5.74) is 0.826. The third-order valence-electron chi connectivity index (χ3n) is 3.48. The van der Waals surface area contributed by atoms with E-state index in [4.69, 9.17) is 5.14 Å². The highest BCUT2D eigenvalue weighted by atomic mass is 32.2. The van der Waals surface area contributed by atoms with Crippen LogP contribution in [0.25, 0.3) is 0 Å². The van der Waals surface area contributed by atoms with Crippen molar-refractivity contribution in [1.29, 1.82) is 0 Å². The van der Waals surface area contributed by atoms with Crippen molar-refractivity contribution >= 4 is 15.7 Å². The minimum atomic E-state index is -3.61. The Bertz CT molecular complexity index is 493. The molecule has 1 fully saturated rings. The summed E-state index contributed by atoms with van der Waals surface area (Å²) in [7, 11) is -3.61. The SMILES string of the molecule is NS(=O)(=O)c1cccc(NCC2CCCCC2)c1. The van der Waals surface area contributed by atoms with Gasteiger partial charge in [-0.25, -0.2) is 13.6 Å². The number of nitrogens with two attached hydrogens (primary N) is 1. The Kier molecular flexibility index (Phi) is 4.24. The summed E-state index contributed by atoms with van der Waals surface area (Å²) in [5.74, 6) is 0.705. The van der Waals surface area contributed by atoms with Crippen molar-refractivity contribution in [3.8, 4) is 0 Å². The van der Waals surface area contributed by atoms with Crippen molar-refractivity contribution in [3.05, 3.63) is 24.3 Å². The van der Waals surface area contributed by atoms with Gasteiger partial charge in [-0.2, -0.15) is 0 Å². The third-order valence-corrected chi connectivity index (χ3v) is 4.39. The second-order valence-corrected chi connectivity index (χ2v) is 6.52. The van der Waals surface area contributed by atoms with Gasteiger partial charge in [-0.15, -0.1) is 0 Å². The highest BCUT2D eigenvalue weighted by molar-refractivity contribution is 7.89. The number of sulfonamides is 1. The molecule has 100 valence electrons. The fraction of sp³-hybridized carbons (Fsp3) is 0.538. The van der Waals surface area contributed by atoms with Crippen LogP contribution in [0.15, 0.2) is 29.2 Å². The first-order valence-corrected chi connectivity index (χ1v) is 7.97. The van der Waals surface area contributed by atoms with Crippen LogP contribution in [-0.2, 0) is 10.0 Å². The van der Waals surface area contributed by atoms with Gasteiger partial charge < -0.3 is 5.32 Å². The van der Waals surface area contributed by atoms with E-state index in [-0.39, 0.29) is 4.90 Å². The lowest BCUT2D eigenvalue weighted by Gasteiger charge is -2.22. The van der Waals surface area contributed by atoms with Gasteiger partial charge in [0.1, 0.15) is 0 Å². The van der Waals surface area contributed by atoms with Gasteiger partial charge in [0, 0.05) is 12.2 Å². The number of anilines is 1. The maximum absolute atomic E-state index is 11.2. The van der Waals surface area contributed by atoms with Crippen LogP contribution in [0.2, 0.25) is 0 Å². The summed E-state index contributed by atoms with van der Waals surface area (Å²) in [6.45, 7) is 0.911. The fourth-order valence-electron chi connectivity index (χ4n) is 2.44. The van der Waals surface area contributed by atoms with Gasteiger partial charge in [-0.3, -0.25) is 0 Å². The quantitative estimate of drug-likeness (QED) is 0.880. The largest absolute Gasteiger partial charge is 0.385 e. The van der Waals surface area contributed by atoms with E-state index >= 15 is 0 Å². The molecule has 1 saturated carbocycles. The molecule has 5 heteroatoms. The molecule has 0 spiro atoms. The van der Waals surface area contributed by atoms with Crippen LogP contribution in [0.1, 0.15) is 32.1 Å². The van der Waals surface area contributed by atoms with E-state index < -0.39 is 10.0 Å². The van der Waals surface area contributed by atoms with Gasteiger partial charge in [0.05, 0.1) is 4.90 Å². The summed E-state index contributed by atoms with van der Waals surface area (Å²) in [6.07, 6.45) is 6.49. The molecule has 1 aromatic rings. The number of hydrogen-bond donors (Lipinski definition) is 2. The molecule has 18 heavy (non-hydrogen) atoms. The molecule has 0 atom stereocenters. The highest BCUT2D eigenvalue weighted by Crippen LogP contribution is 2.24. The van der Waals surface area contributed by atoms with Crippen LogP contribution in [0.4, 0.5) is 5.69 Å². The molecule has 0 saturated heterocycles. The van der Waals surface area contributed by atoms with Crippen LogP contribution in [0.3, 0.4) is 0 Å².